The van der Waals surface area contributed by atoms with Crippen molar-refractivity contribution in [1.82, 2.24) is 0 Å². The van der Waals surface area contributed by atoms with Crippen molar-refractivity contribution in [1.29, 1.82) is 0 Å². The van der Waals surface area contributed by atoms with Crippen molar-refractivity contribution in [3.8, 4) is 11.5 Å². The van der Waals surface area contributed by atoms with Crippen LogP contribution in [0.5, 0.6) is 11.5 Å². The highest BCUT2D eigenvalue weighted by molar-refractivity contribution is 6.36. The van der Waals surface area contributed by atoms with Gasteiger partial charge in [0.05, 0.1) is 24.9 Å². The first-order valence-corrected chi connectivity index (χ1v) is 8.00. The number of hydrogen-bond acceptors (Lipinski definition) is 4. The van der Waals surface area contributed by atoms with Gasteiger partial charge in [0, 0.05) is 29.7 Å². The molecule has 0 unspecified atom stereocenters. The Labute approximate surface area is 150 Å². The lowest BCUT2D eigenvalue weighted by Crippen LogP contribution is -2.16. The third-order valence-corrected chi connectivity index (χ3v) is 3.81. The normalized spacial score (nSPS) is 10.2. The number of methoxy groups -OCH3 is 2. The van der Waals surface area contributed by atoms with Crippen molar-refractivity contribution in [2.45, 2.75) is 6.42 Å². The molecular formula is C17H18Cl2N2O3. The van der Waals surface area contributed by atoms with Crippen LogP contribution in [0.4, 0.5) is 11.4 Å². The van der Waals surface area contributed by atoms with E-state index in [2.05, 4.69) is 10.6 Å². The summed E-state index contributed by atoms with van der Waals surface area (Å²) in [5.41, 5.74) is 1.38. The molecule has 0 bridgehead atoms. The molecule has 128 valence electrons. The monoisotopic (exact) mass is 368 g/mol. The highest BCUT2D eigenvalue weighted by Crippen LogP contribution is 2.29. The van der Waals surface area contributed by atoms with Crippen molar-refractivity contribution >= 4 is 40.5 Å². The molecule has 2 N–H and O–H groups in total. The molecule has 0 aliphatic heterocycles. The van der Waals surface area contributed by atoms with E-state index >= 15 is 0 Å². The number of rotatable bonds is 7. The van der Waals surface area contributed by atoms with Crippen molar-refractivity contribution < 1.29 is 14.3 Å². The molecule has 0 saturated heterocycles. The minimum atomic E-state index is -0.125. The van der Waals surface area contributed by atoms with Crippen LogP contribution in [0.2, 0.25) is 10.0 Å². The molecular weight excluding hydrogens is 351 g/mol. The summed E-state index contributed by atoms with van der Waals surface area (Å²) in [4.78, 5) is 12.0. The Hall–Kier alpha value is -2.11. The first-order valence-electron chi connectivity index (χ1n) is 7.24. The molecule has 7 heteroatoms. The third-order valence-electron chi connectivity index (χ3n) is 3.27. The summed E-state index contributed by atoms with van der Waals surface area (Å²) in [7, 11) is 3.10. The van der Waals surface area contributed by atoms with Crippen LogP contribution in [-0.2, 0) is 4.79 Å². The highest BCUT2D eigenvalue weighted by atomic mass is 35.5. The maximum Gasteiger partial charge on any atom is 0.226 e. The topological polar surface area (TPSA) is 59.6 Å². The van der Waals surface area contributed by atoms with Gasteiger partial charge in [0.15, 0.2) is 11.5 Å². The molecule has 0 saturated carbocycles. The van der Waals surface area contributed by atoms with E-state index in [0.29, 0.717) is 33.8 Å². The Bertz CT molecular complexity index is 723. The summed E-state index contributed by atoms with van der Waals surface area (Å²) in [6, 6.07) is 10.4. The van der Waals surface area contributed by atoms with Gasteiger partial charge in [0.25, 0.3) is 0 Å². The van der Waals surface area contributed by atoms with E-state index in [-0.39, 0.29) is 12.3 Å². The smallest absolute Gasteiger partial charge is 0.226 e. The van der Waals surface area contributed by atoms with Gasteiger partial charge in [-0.2, -0.15) is 0 Å². The second-order valence-electron chi connectivity index (χ2n) is 4.92. The second kappa shape index (κ2) is 8.66. The number of carbonyl (C=O) groups is 1. The van der Waals surface area contributed by atoms with Gasteiger partial charge in [0.2, 0.25) is 5.91 Å². The van der Waals surface area contributed by atoms with E-state index in [0.717, 1.165) is 5.69 Å². The summed E-state index contributed by atoms with van der Waals surface area (Å²) >= 11 is 11.9. The minimum absolute atomic E-state index is 0.125. The van der Waals surface area contributed by atoms with Crippen LogP contribution in [0, 0.1) is 0 Å². The van der Waals surface area contributed by atoms with Gasteiger partial charge in [-0.25, -0.2) is 0 Å². The Morgan fingerprint density at radius 3 is 2.46 bits per heavy atom. The molecule has 0 radical (unpaired) electrons. The number of carbonyl (C=O) groups excluding carboxylic acids is 1. The van der Waals surface area contributed by atoms with E-state index in [4.69, 9.17) is 32.7 Å². The largest absolute Gasteiger partial charge is 0.493 e. The van der Waals surface area contributed by atoms with Crippen molar-refractivity contribution in [3.05, 3.63) is 46.4 Å². The van der Waals surface area contributed by atoms with Crippen molar-refractivity contribution in [2.24, 2.45) is 0 Å². The first-order chi connectivity index (χ1) is 11.5. The maximum atomic E-state index is 12.0. The van der Waals surface area contributed by atoms with Crippen LogP contribution in [0.25, 0.3) is 0 Å². The van der Waals surface area contributed by atoms with Gasteiger partial charge in [-0.05, 0) is 30.3 Å². The van der Waals surface area contributed by atoms with Gasteiger partial charge < -0.3 is 20.1 Å². The Morgan fingerprint density at radius 2 is 1.79 bits per heavy atom. The number of halogens is 2. The fourth-order valence-corrected chi connectivity index (χ4v) is 2.56. The summed E-state index contributed by atoms with van der Waals surface area (Å²) in [6.07, 6.45) is 0.285. The number of ether oxygens (including phenoxy) is 2. The molecule has 1 amide bonds. The van der Waals surface area contributed by atoms with Gasteiger partial charge in [-0.1, -0.05) is 23.2 Å². The molecule has 0 aliphatic carbocycles. The zero-order chi connectivity index (χ0) is 17.5. The lowest BCUT2D eigenvalue weighted by molar-refractivity contribution is -0.115. The second-order valence-corrected chi connectivity index (χ2v) is 5.76. The summed E-state index contributed by atoms with van der Waals surface area (Å²) in [5, 5.41) is 6.99. The van der Waals surface area contributed by atoms with Gasteiger partial charge in [0.1, 0.15) is 0 Å². The Balaban J connectivity index is 1.87. The lowest BCUT2D eigenvalue weighted by atomic mass is 10.2. The third kappa shape index (κ3) is 4.94. The fourth-order valence-electron chi connectivity index (χ4n) is 2.08. The number of amides is 1. The predicted molar refractivity (Wildman–Crippen MR) is 97.7 cm³/mol. The summed E-state index contributed by atoms with van der Waals surface area (Å²) < 4.78 is 10.4. The Kier molecular flexibility index (Phi) is 6.58. The molecule has 2 rings (SSSR count). The molecule has 0 atom stereocenters. The average Bonchev–Trinajstić information content (AvgIpc) is 2.56. The van der Waals surface area contributed by atoms with E-state index in [1.165, 1.54) is 0 Å². The molecule has 2 aromatic carbocycles. The van der Waals surface area contributed by atoms with Gasteiger partial charge in [-0.15, -0.1) is 0 Å². The minimum Gasteiger partial charge on any atom is -0.493 e. The van der Waals surface area contributed by atoms with E-state index in [1.54, 1.807) is 50.6 Å². The number of benzene rings is 2. The Morgan fingerprint density at radius 1 is 1.04 bits per heavy atom. The van der Waals surface area contributed by atoms with Crippen LogP contribution in [0.15, 0.2) is 36.4 Å². The predicted octanol–water partition coefficient (Wildman–Crippen LogP) is 4.45. The van der Waals surface area contributed by atoms with E-state index in [1.807, 2.05) is 0 Å². The van der Waals surface area contributed by atoms with E-state index in [9.17, 15) is 4.79 Å². The van der Waals surface area contributed by atoms with Gasteiger partial charge >= 0.3 is 0 Å². The lowest BCUT2D eigenvalue weighted by Gasteiger charge is -2.11. The number of hydrogen-bond donors (Lipinski definition) is 2. The first kappa shape index (κ1) is 18.2. The van der Waals surface area contributed by atoms with Gasteiger partial charge in [-0.3, -0.25) is 4.79 Å². The maximum absolute atomic E-state index is 12.0. The van der Waals surface area contributed by atoms with Crippen LogP contribution in [0.3, 0.4) is 0 Å². The number of nitrogens with one attached hydrogen (secondary N) is 2. The molecule has 2 aromatic rings. The summed E-state index contributed by atoms with van der Waals surface area (Å²) in [5.74, 6) is 1.04. The van der Waals surface area contributed by atoms with Crippen LogP contribution < -0.4 is 20.1 Å². The molecule has 0 heterocycles. The molecule has 0 aromatic heterocycles. The van der Waals surface area contributed by atoms with Crippen molar-refractivity contribution in [3.63, 3.8) is 0 Å². The molecule has 5 nitrogen and oxygen atoms in total. The quantitative estimate of drug-likeness (QED) is 0.757. The summed E-state index contributed by atoms with van der Waals surface area (Å²) in [6.45, 7) is 0.445. The van der Waals surface area contributed by atoms with E-state index < -0.39 is 0 Å². The average molecular weight is 369 g/mol. The van der Waals surface area contributed by atoms with Crippen molar-refractivity contribution in [2.75, 3.05) is 31.4 Å². The molecule has 0 fully saturated rings. The van der Waals surface area contributed by atoms with Crippen LogP contribution in [-0.4, -0.2) is 26.7 Å². The zero-order valence-electron chi connectivity index (χ0n) is 13.4. The molecule has 0 aliphatic rings. The fraction of sp³-hybridized carbons (Fsp3) is 0.235. The van der Waals surface area contributed by atoms with Crippen LogP contribution >= 0.6 is 23.2 Å². The zero-order valence-corrected chi connectivity index (χ0v) is 14.9. The van der Waals surface area contributed by atoms with Crippen LogP contribution in [0.1, 0.15) is 6.42 Å². The number of anilines is 2. The highest BCUT2D eigenvalue weighted by Gasteiger charge is 2.08. The molecule has 24 heavy (non-hydrogen) atoms. The molecule has 0 spiro atoms. The SMILES string of the molecule is COc1ccc(NC(=O)CCNc2ccc(Cl)cc2Cl)cc1OC. The standard InChI is InChI=1S/C17H18Cl2N2O3/c1-23-15-6-4-12(10-16(15)24-2)21-17(22)7-8-20-14-5-3-11(18)9-13(14)19/h3-6,9-10,20H,7-8H2,1-2H3,(H,21,22).